The summed E-state index contributed by atoms with van der Waals surface area (Å²) < 4.78 is 1.93. The molecular weight excluding hydrogens is 290 g/mol. The van der Waals surface area contributed by atoms with Crippen molar-refractivity contribution in [3.63, 3.8) is 0 Å². The van der Waals surface area contributed by atoms with Crippen molar-refractivity contribution in [3.8, 4) is 0 Å². The topological polar surface area (TPSA) is 66.8 Å². The van der Waals surface area contributed by atoms with E-state index in [1.165, 1.54) is 0 Å². The molecule has 4 rings (SSSR count). The standard InChI is InChI=1S/C17H19N5O/c1-12-8-20-21(9-12)10-14-3-2-6-22(14)17(23)13-4-5-15-16(7-13)19-11-18-15/h4-5,7-9,11,14H,2-3,6,10H2,1H3,(H,18,19)/t14-/m1/s1. The number of aromatic nitrogens is 4. The van der Waals surface area contributed by atoms with Gasteiger partial charge in [-0.3, -0.25) is 9.48 Å². The molecule has 1 atom stereocenters. The zero-order chi connectivity index (χ0) is 15.8. The number of aryl methyl sites for hydroxylation is 1. The molecule has 1 amide bonds. The maximum absolute atomic E-state index is 12.9. The average molecular weight is 309 g/mol. The molecule has 23 heavy (non-hydrogen) atoms. The molecule has 6 nitrogen and oxygen atoms in total. The molecule has 1 N–H and O–H groups in total. The Kier molecular flexibility index (Phi) is 3.37. The van der Waals surface area contributed by atoms with E-state index in [1.54, 1.807) is 6.33 Å². The molecule has 1 aliphatic rings. The molecule has 0 aliphatic carbocycles. The number of likely N-dealkylation sites (tertiary alicyclic amines) is 1. The van der Waals surface area contributed by atoms with Crippen LogP contribution in [0.4, 0.5) is 0 Å². The summed E-state index contributed by atoms with van der Waals surface area (Å²) in [5, 5.41) is 4.35. The highest BCUT2D eigenvalue weighted by Crippen LogP contribution is 2.22. The van der Waals surface area contributed by atoms with Gasteiger partial charge in [0, 0.05) is 18.3 Å². The van der Waals surface area contributed by atoms with Crippen molar-refractivity contribution in [2.45, 2.75) is 32.4 Å². The van der Waals surface area contributed by atoms with Gasteiger partial charge < -0.3 is 9.88 Å². The van der Waals surface area contributed by atoms with E-state index in [4.69, 9.17) is 0 Å². The molecule has 1 fully saturated rings. The molecular formula is C17H19N5O. The van der Waals surface area contributed by atoms with Gasteiger partial charge in [-0.2, -0.15) is 5.10 Å². The number of amides is 1. The average Bonchev–Trinajstić information content (AvgIpc) is 3.27. The number of imidazole rings is 1. The summed E-state index contributed by atoms with van der Waals surface area (Å²) in [6.07, 6.45) is 7.60. The minimum absolute atomic E-state index is 0.0906. The van der Waals surface area contributed by atoms with Crippen molar-refractivity contribution in [1.82, 2.24) is 24.6 Å². The third-order valence-electron chi connectivity index (χ3n) is 4.47. The Bertz CT molecular complexity index is 849. The maximum atomic E-state index is 12.9. The second kappa shape index (κ2) is 5.53. The summed E-state index contributed by atoms with van der Waals surface area (Å²) >= 11 is 0. The summed E-state index contributed by atoms with van der Waals surface area (Å²) in [4.78, 5) is 22.1. The predicted octanol–water partition coefficient (Wildman–Crippen LogP) is 2.37. The van der Waals surface area contributed by atoms with Crippen molar-refractivity contribution < 1.29 is 4.79 Å². The quantitative estimate of drug-likeness (QED) is 0.807. The number of nitrogens with one attached hydrogen (secondary N) is 1. The van der Waals surface area contributed by atoms with Gasteiger partial charge in [0.1, 0.15) is 0 Å². The lowest BCUT2D eigenvalue weighted by Gasteiger charge is -2.24. The number of carbonyl (C=O) groups is 1. The Morgan fingerprint density at radius 3 is 3.17 bits per heavy atom. The number of H-pyrrole nitrogens is 1. The van der Waals surface area contributed by atoms with E-state index < -0.39 is 0 Å². The number of fused-ring (bicyclic) bond motifs is 1. The van der Waals surface area contributed by atoms with Crippen molar-refractivity contribution in [3.05, 3.63) is 48.0 Å². The van der Waals surface area contributed by atoms with Crippen LogP contribution in [0.15, 0.2) is 36.9 Å². The van der Waals surface area contributed by atoms with Gasteiger partial charge >= 0.3 is 0 Å². The Morgan fingerprint density at radius 1 is 1.43 bits per heavy atom. The fourth-order valence-electron chi connectivity index (χ4n) is 3.31. The lowest BCUT2D eigenvalue weighted by atomic mass is 10.1. The monoisotopic (exact) mass is 309 g/mol. The first-order valence-electron chi connectivity index (χ1n) is 7.94. The molecule has 0 saturated carbocycles. The van der Waals surface area contributed by atoms with Crippen molar-refractivity contribution in [2.24, 2.45) is 0 Å². The Morgan fingerprint density at radius 2 is 2.35 bits per heavy atom. The van der Waals surface area contributed by atoms with E-state index in [1.807, 2.05) is 47.1 Å². The fourth-order valence-corrected chi connectivity index (χ4v) is 3.31. The van der Waals surface area contributed by atoms with Crippen LogP contribution in [-0.4, -0.2) is 43.1 Å². The molecule has 0 radical (unpaired) electrons. The van der Waals surface area contributed by atoms with Crippen LogP contribution in [0.3, 0.4) is 0 Å². The van der Waals surface area contributed by atoms with Crippen LogP contribution in [0, 0.1) is 6.92 Å². The molecule has 1 saturated heterocycles. The highest BCUT2D eigenvalue weighted by Gasteiger charge is 2.30. The summed E-state index contributed by atoms with van der Waals surface area (Å²) in [5.41, 5.74) is 3.64. The Hall–Kier alpha value is -2.63. The zero-order valence-electron chi connectivity index (χ0n) is 13.1. The van der Waals surface area contributed by atoms with E-state index in [9.17, 15) is 4.79 Å². The normalized spacial score (nSPS) is 18.0. The van der Waals surface area contributed by atoms with Crippen LogP contribution < -0.4 is 0 Å². The number of carbonyl (C=O) groups excluding carboxylic acids is 1. The van der Waals surface area contributed by atoms with Gasteiger partial charge in [0.15, 0.2) is 0 Å². The first kappa shape index (κ1) is 14.0. The van der Waals surface area contributed by atoms with Crippen molar-refractivity contribution in [2.75, 3.05) is 6.54 Å². The largest absolute Gasteiger partial charge is 0.345 e. The van der Waals surface area contributed by atoms with Gasteiger partial charge in [-0.05, 0) is 43.5 Å². The molecule has 3 heterocycles. The van der Waals surface area contributed by atoms with Crippen LogP contribution in [0.5, 0.6) is 0 Å². The van der Waals surface area contributed by atoms with E-state index in [0.29, 0.717) is 5.56 Å². The Balaban J connectivity index is 1.56. The second-order valence-electron chi connectivity index (χ2n) is 6.17. The number of hydrogen-bond donors (Lipinski definition) is 1. The third-order valence-corrected chi connectivity index (χ3v) is 4.47. The minimum Gasteiger partial charge on any atom is -0.345 e. The molecule has 0 unspecified atom stereocenters. The lowest BCUT2D eigenvalue weighted by molar-refractivity contribution is 0.0722. The first-order valence-corrected chi connectivity index (χ1v) is 7.94. The van der Waals surface area contributed by atoms with Crippen molar-refractivity contribution >= 4 is 16.9 Å². The molecule has 3 aromatic rings. The molecule has 1 aliphatic heterocycles. The van der Waals surface area contributed by atoms with Crippen molar-refractivity contribution in [1.29, 1.82) is 0 Å². The zero-order valence-corrected chi connectivity index (χ0v) is 13.1. The van der Waals surface area contributed by atoms with Crippen LogP contribution in [0.2, 0.25) is 0 Å². The SMILES string of the molecule is Cc1cnn(C[C@H]2CCCN2C(=O)c2ccc3nc[nH]c3c2)c1. The first-order chi connectivity index (χ1) is 11.2. The van der Waals surface area contributed by atoms with Crippen LogP contribution in [0.1, 0.15) is 28.8 Å². The third kappa shape index (κ3) is 2.60. The summed E-state index contributed by atoms with van der Waals surface area (Å²) in [5.74, 6) is 0.0906. The highest BCUT2D eigenvalue weighted by atomic mass is 16.2. The van der Waals surface area contributed by atoms with Crippen LogP contribution in [-0.2, 0) is 6.54 Å². The van der Waals surface area contributed by atoms with E-state index in [2.05, 4.69) is 15.1 Å². The summed E-state index contributed by atoms with van der Waals surface area (Å²) in [6, 6.07) is 5.84. The van der Waals surface area contributed by atoms with Crippen LogP contribution >= 0.6 is 0 Å². The highest BCUT2D eigenvalue weighted by molar-refractivity contribution is 5.97. The van der Waals surface area contributed by atoms with E-state index in [0.717, 1.165) is 42.5 Å². The van der Waals surface area contributed by atoms with Gasteiger partial charge in [-0.1, -0.05) is 0 Å². The molecule has 0 spiro atoms. The number of benzene rings is 1. The summed E-state index contributed by atoms with van der Waals surface area (Å²) in [6.45, 7) is 3.59. The van der Waals surface area contributed by atoms with Gasteiger partial charge in [0.05, 0.1) is 36.1 Å². The molecule has 1 aromatic carbocycles. The fraction of sp³-hybridized carbons (Fsp3) is 0.353. The van der Waals surface area contributed by atoms with Crippen LogP contribution in [0.25, 0.3) is 11.0 Å². The Labute approximate surface area is 134 Å². The molecule has 118 valence electrons. The second-order valence-corrected chi connectivity index (χ2v) is 6.17. The van der Waals surface area contributed by atoms with E-state index >= 15 is 0 Å². The lowest BCUT2D eigenvalue weighted by Crippen LogP contribution is -2.38. The number of aromatic amines is 1. The van der Waals surface area contributed by atoms with E-state index in [-0.39, 0.29) is 11.9 Å². The van der Waals surface area contributed by atoms with Gasteiger partial charge in [0.25, 0.3) is 5.91 Å². The van der Waals surface area contributed by atoms with Gasteiger partial charge in [-0.25, -0.2) is 4.98 Å². The maximum Gasteiger partial charge on any atom is 0.254 e. The minimum atomic E-state index is 0.0906. The molecule has 6 heteroatoms. The number of nitrogens with zero attached hydrogens (tertiary/aromatic N) is 4. The summed E-state index contributed by atoms with van der Waals surface area (Å²) in [7, 11) is 0. The van der Waals surface area contributed by atoms with Gasteiger partial charge in [0.2, 0.25) is 0 Å². The van der Waals surface area contributed by atoms with Gasteiger partial charge in [-0.15, -0.1) is 0 Å². The number of hydrogen-bond acceptors (Lipinski definition) is 3. The number of rotatable bonds is 3. The smallest absolute Gasteiger partial charge is 0.254 e. The molecule has 2 aromatic heterocycles. The predicted molar refractivity (Wildman–Crippen MR) is 87.1 cm³/mol. The molecule has 0 bridgehead atoms.